The van der Waals surface area contributed by atoms with E-state index in [2.05, 4.69) is 42.2 Å². The number of anilines is 2. The average molecular weight is 659 g/mol. The second-order valence-corrected chi connectivity index (χ2v) is 15.4. The van der Waals surface area contributed by atoms with Crippen LogP contribution in [0.25, 0.3) is 22.3 Å². The van der Waals surface area contributed by atoms with Crippen LogP contribution in [0.1, 0.15) is 25.3 Å². The summed E-state index contributed by atoms with van der Waals surface area (Å²) in [6.45, 7) is -8.28. The Kier molecular flexibility index (Phi) is 7.22. The quantitative estimate of drug-likeness (QED) is 0.176. The lowest BCUT2D eigenvalue weighted by Gasteiger charge is -2.28. The Labute approximate surface area is 247 Å². The normalized spacial score (nSPS) is 36.0. The van der Waals surface area contributed by atoms with Crippen molar-refractivity contribution in [2.75, 3.05) is 24.7 Å². The lowest BCUT2D eigenvalue weighted by atomic mass is 10.2. The molecule has 42 heavy (non-hydrogen) atoms. The minimum absolute atomic E-state index is 0.190. The number of hydrogen-bond acceptors (Lipinski definition) is 16. The van der Waals surface area contributed by atoms with Crippen LogP contribution < -0.4 is 11.5 Å². The van der Waals surface area contributed by atoms with Crippen LogP contribution in [0, 0.1) is 0 Å². The Balaban J connectivity index is 1.12. The number of rotatable bonds is 2. The molecule has 3 aliphatic heterocycles. The predicted octanol–water partition coefficient (Wildman–Crippen LogP) is 1.48. The molecule has 8 atom stereocenters. The number of nitrogens with two attached hydrogens (primary N) is 2. The van der Waals surface area contributed by atoms with Gasteiger partial charge in [0, 0.05) is 12.8 Å². The molecule has 18 nitrogen and oxygen atoms in total. The third kappa shape index (κ3) is 5.30. The summed E-state index contributed by atoms with van der Waals surface area (Å²) >= 11 is 9.53. The Hall–Kier alpha value is -2.35. The zero-order valence-electron chi connectivity index (χ0n) is 21.4. The molecule has 3 saturated heterocycles. The first kappa shape index (κ1) is 28.4. The fourth-order valence-corrected chi connectivity index (χ4v) is 8.16. The number of nitrogen functional groups attached to an aromatic ring is 2. The third-order valence-corrected chi connectivity index (χ3v) is 10.3. The summed E-state index contributed by atoms with van der Waals surface area (Å²) < 4.78 is 52.0. The topological polar surface area (TPSA) is 232 Å². The first-order valence-corrected chi connectivity index (χ1v) is 17.8. The van der Waals surface area contributed by atoms with Gasteiger partial charge in [0.15, 0.2) is 22.9 Å². The number of thiol groups is 1. The molecular weight excluding hydrogens is 634 g/mol. The van der Waals surface area contributed by atoms with Gasteiger partial charge >= 0.3 is 13.5 Å². The molecule has 0 amide bonds. The van der Waals surface area contributed by atoms with Gasteiger partial charge in [-0.1, -0.05) is 12.2 Å². The van der Waals surface area contributed by atoms with E-state index in [4.69, 9.17) is 50.8 Å². The summed E-state index contributed by atoms with van der Waals surface area (Å²) in [6.07, 6.45) is 1.39. The average Bonchev–Trinajstić information content (AvgIpc) is 3.71. The summed E-state index contributed by atoms with van der Waals surface area (Å²) in [7, 11) is 0. The second kappa shape index (κ2) is 10.7. The zero-order chi connectivity index (χ0) is 29.2. The minimum Gasteiger partial charge on any atom is -0.382 e. The van der Waals surface area contributed by atoms with Crippen molar-refractivity contribution in [1.82, 2.24) is 39.0 Å². The van der Waals surface area contributed by atoms with Crippen molar-refractivity contribution in [3.8, 4) is 0 Å². The highest BCUT2D eigenvalue weighted by Gasteiger charge is 2.46. The SMILES string of the molecule is Nc1ncnc2c1ncn2[C@H]1C[C@@H]2OP(=O)(S)OCC3O[C@@H](n4cnc5c(N)ncnc54)C[C@@H]3OP(O)(=S)OCC2O1. The smallest absolute Gasteiger partial charge is 0.382 e. The van der Waals surface area contributed by atoms with Crippen LogP contribution in [0.15, 0.2) is 25.3 Å². The number of aromatic nitrogens is 8. The van der Waals surface area contributed by atoms with Crippen LogP contribution in [0.2, 0.25) is 0 Å². The number of fused-ring (bicyclic) bond motifs is 4. The molecule has 0 bridgehead atoms. The molecule has 7 heterocycles. The molecule has 0 aliphatic carbocycles. The first-order valence-electron chi connectivity index (χ1n) is 12.6. The monoisotopic (exact) mass is 658 g/mol. The summed E-state index contributed by atoms with van der Waals surface area (Å²) in [5, 5.41) is 0. The predicted molar refractivity (Wildman–Crippen MR) is 151 cm³/mol. The lowest BCUT2D eigenvalue weighted by Crippen LogP contribution is -2.32. The van der Waals surface area contributed by atoms with E-state index in [9.17, 15) is 9.46 Å². The van der Waals surface area contributed by atoms with Crippen LogP contribution in [0.4, 0.5) is 11.6 Å². The van der Waals surface area contributed by atoms with Crippen LogP contribution in [-0.4, -0.2) is 81.6 Å². The number of nitrogens with zero attached hydrogens (tertiary/aromatic N) is 8. The Morgan fingerprint density at radius 1 is 0.810 bits per heavy atom. The minimum atomic E-state index is -3.96. The molecule has 4 aromatic heterocycles. The molecule has 4 unspecified atom stereocenters. The highest BCUT2D eigenvalue weighted by atomic mass is 32.7. The largest absolute Gasteiger partial charge is 0.386 e. The van der Waals surface area contributed by atoms with Gasteiger partial charge in [0.25, 0.3) is 0 Å². The summed E-state index contributed by atoms with van der Waals surface area (Å²) in [5.41, 5.74) is 13.5. The summed E-state index contributed by atoms with van der Waals surface area (Å²) in [6, 6.07) is 0. The van der Waals surface area contributed by atoms with Crippen molar-refractivity contribution < 1.29 is 37.0 Å². The van der Waals surface area contributed by atoms with E-state index in [1.807, 2.05) is 0 Å². The first-order chi connectivity index (χ1) is 20.1. The van der Waals surface area contributed by atoms with E-state index in [0.29, 0.717) is 22.3 Å². The van der Waals surface area contributed by atoms with Gasteiger partial charge in [-0.25, -0.2) is 34.5 Å². The molecule has 0 aromatic carbocycles. The van der Waals surface area contributed by atoms with Gasteiger partial charge < -0.3 is 34.9 Å². The van der Waals surface area contributed by atoms with Crippen LogP contribution in [-0.2, 0) is 43.9 Å². The van der Waals surface area contributed by atoms with Gasteiger partial charge in [0.2, 0.25) is 0 Å². The molecule has 3 aliphatic rings. The fraction of sp³-hybridized carbons (Fsp3) is 0.500. The molecular formula is C20H24N10O8P2S2. The van der Waals surface area contributed by atoms with Gasteiger partial charge in [0.1, 0.15) is 54.5 Å². The number of hydrogen-bond donors (Lipinski definition) is 4. The highest BCUT2D eigenvalue weighted by molar-refractivity contribution is 8.44. The molecule has 22 heteroatoms. The molecule has 224 valence electrons. The van der Waals surface area contributed by atoms with E-state index < -0.39 is 50.4 Å². The van der Waals surface area contributed by atoms with Gasteiger partial charge in [-0.2, -0.15) is 0 Å². The van der Waals surface area contributed by atoms with E-state index in [1.54, 1.807) is 9.13 Å². The van der Waals surface area contributed by atoms with E-state index >= 15 is 0 Å². The standard InChI is InChI=1S/C20H24N10O8P2S2/c21-17-15-19(25-5-23-17)29(7-27-15)13-1-9-11(35-13)3-33-40(32,42)38-10-2-14(36-12(10)4-34-39(31,41)37-9)30-8-28-16-18(22)24-6-26-20(16)30/h5-14H,1-4H2,(H,31,41)(H,32,42)(H2,21,23,25)(H2,22,24,26)/t9-,10-,11?,12?,13+,14+,39?,40?/m0/s1. The van der Waals surface area contributed by atoms with Gasteiger partial charge in [0.05, 0.1) is 32.0 Å². The molecule has 7 rings (SSSR count). The Morgan fingerprint density at radius 2 is 1.31 bits per heavy atom. The molecule has 3 fully saturated rings. The third-order valence-electron chi connectivity index (χ3n) is 7.10. The zero-order valence-corrected chi connectivity index (χ0v) is 24.9. The van der Waals surface area contributed by atoms with E-state index in [1.165, 1.54) is 25.3 Å². The Morgan fingerprint density at radius 3 is 1.86 bits per heavy atom. The number of ether oxygens (including phenoxy) is 2. The van der Waals surface area contributed by atoms with Crippen molar-refractivity contribution in [3.63, 3.8) is 0 Å². The maximum atomic E-state index is 13.4. The number of imidazole rings is 2. The second-order valence-electron chi connectivity index (χ2n) is 9.71. The van der Waals surface area contributed by atoms with E-state index in [0.717, 1.165) is 0 Å². The molecule has 5 N–H and O–H groups in total. The van der Waals surface area contributed by atoms with Crippen LogP contribution in [0.3, 0.4) is 0 Å². The Bertz CT molecular complexity index is 1630. The lowest BCUT2D eigenvalue weighted by molar-refractivity contribution is -0.0557. The van der Waals surface area contributed by atoms with Crippen LogP contribution >= 0.6 is 25.8 Å². The maximum absolute atomic E-state index is 13.4. The van der Waals surface area contributed by atoms with Gasteiger partial charge in [-0.15, -0.1) is 0 Å². The van der Waals surface area contributed by atoms with Crippen molar-refractivity contribution >= 4 is 71.5 Å². The maximum Gasteiger partial charge on any atom is 0.386 e. The molecule has 0 saturated carbocycles. The van der Waals surface area contributed by atoms with Gasteiger partial charge in [-0.05, 0) is 11.8 Å². The van der Waals surface area contributed by atoms with Crippen molar-refractivity contribution in [2.24, 2.45) is 0 Å². The molecule has 4 aromatic rings. The van der Waals surface area contributed by atoms with Crippen molar-refractivity contribution in [1.29, 1.82) is 0 Å². The van der Waals surface area contributed by atoms with Crippen LogP contribution in [0.5, 0.6) is 0 Å². The van der Waals surface area contributed by atoms with Crippen molar-refractivity contribution in [3.05, 3.63) is 25.3 Å². The summed E-state index contributed by atoms with van der Waals surface area (Å²) in [5.74, 6) is 0.423. The molecule has 0 spiro atoms. The van der Waals surface area contributed by atoms with E-state index in [-0.39, 0.29) is 37.7 Å². The van der Waals surface area contributed by atoms with Gasteiger partial charge in [-0.3, -0.25) is 18.2 Å². The molecule has 0 radical (unpaired) electrons. The highest BCUT2D eigenvalue weighted by Crippen LogP contribution is 2.58. The fourth-order valence-electron chi connectivity index (χ4n) is 5.16. The summed E-state index contributed by atoms with van der Waals surface area (Å²) in [4.78, 5) is 35.9. The van der Waals surface area contributed by atoms with Crippen molar-refractivity contribution in [2.45, 2.75) is 49.7 Å².